The molecule has 2 N–H and O–H groups in total. The zero-order valence-electron chi connectivity index (χ0n) is 13.3. The van der Waals surface area contributed by atoms with Gasteiger partial charge >= 0.3 is 0 Å². The largest absolute Gasteiger partial charge is 0.378 e. The standard InChI is InChI=1S/C17H19ClN4S/c1-12-15(18)5-4-6-16(12)20-17(23)21-19-11-13-7-9-14(10-8-13)22(2)3/h4-11H,1-3H3,(H2,20,21,23). The van der Waals surface area contributed by atoms with E-state index in [4.69, 9.17) is 23.8 Å². The van der Waals surface area contributed by atoms with Gasteiger partial charge in [0, 0.05) is 30.5 Å². The summed E-state index contributed by atoms with van der Waals surface area (Å²) < 4.78 is 0. The normalized spacial score (nSPS) is 10.6. The van der Waals surface area contributed by atoms with Crippen molar-refractivity contribution in [1.29, 1.82) is 0 Å². The van der Waals surface area contributed by atoms with Crippen LogP contribution in [0.4, 0.5) is 11.4 Å². The molecule has 0 bridgehead atoms. The number of hydrogen-bond donors (Lipinski definition) is 2. The van der Waals surface area contributed by atoms with E-state index in [-0.39, 0.29) is 0 Å². The van der Waals surface area contributed by atoms with E-state index in [1.165, 1.54) is 0 Å². The number of hydrogen-bond acceptors (Lipinski definition) is 3. The highest BCUT2D eigenvalue weighted by Crippen LogP contribution is 2.22. The van der Waals surface area contributed by atoms with Gasteiger partial charge in [-0.25, -0.2) is 0 Å². The molecule has 0 aliphatic carbocycles. The van der Waals surface area contributed by atoms with Crippen molar-refractivity contribution in [3.8, 4) is 0 Å². The Bertz CT molecular complexity index is 711. The van der Waals surface area contributed by atoms with E-state index in [0.29, 0.717) is 10.1 Å². The third-order valence-electron chi connectivity index (χ3n) is 3.31. The Hall–Kier alpha value is -2.11. The van der Waals surface area contributed by atoms with Crippen LogP contribution in [0.3, 0.4) is 0 Å². The molecule has 0 aliphatic heterocycles. The Morgan fingerprint density at radius 2 is 1.87 bits per heavy atom. The van der Waals surface area contributed by atoms with E-state index in [1.807, 2.05) is 68.4 Å². The van der Waals surface area contributed by atoms with Gasteiger partial charge in [0.1, 0.15) is 0 Å². The van der Waals surface area contributed by atoms with Crippen molar-refractivity contribution in [2.75, 3.05) is 24.3 Å². The summed E-state index contributed by atoms with van der Waals surface area (Å²) in [6.45, 7) is 1.93. The van der Waals surface area contributed by atoms with Crippen LogP contribution in [0.25, 0.3) is 0 Å². The molecular weight excluding hydrogens is 328 g/mol. The van der Waals surface area contributed by atoms with Gasteiger partial charge in [0.25, 0.3) is 0 Å². The summed E-state index contributed by atoms with van der Waals surface area (Å²) in [4.78, 5) is 2.05. The Labute approximate surface area is 147 Å². The van der Waals surface area contributed by atoms with Gasteiger partial charge in [0.05, 0.1) is 6.21 Å². The molecule has 6 heteroatoms. The number of thiocarbonyl (C=S) groups is 1. The summed E-state index contributed by atoms with van der Waals surface area (Å²) in [6, 6.07) is 13.7. The van der Waals surface area contributed by atoms with Crippen LogP contribution in [0.15, 0.2) is 47.6 Å². The van der Waals surface area contributed by atoms with E-state index < -0.39 is 0 Å². The molecule has 0 heterocycles. The van der Waals surface area contributed by atoms with E-state index in [2.05, 4.69) is 15.8 Å². The quantitative estimate of drug-likeness (QED) is 0.498. The summed E-state index contributed by atoms with van der Waals surface area (Å²) in [7, 11) is 4.01. The fraction of sp³-hybridized carbons (Fsp3) is 0.176. The van der Waals surface area contributed by atoms with Crippen molar-refractivity contribution in [2.24, 2.45) is 5.10 Å². The Morgan fingerprint density at radius 3 is 2.52 bits per heavy atom. The lowest BCUT2D eigenvalue weighted by Crippen LogP contribution is -2.24. The molecule has 0 saturated heterocycles. The van der Waals surface area contributed by atoms with Gasteiger partial charge in [0.15, 0.2) is 5.11 Å². The number of rotatable bonds is 4. The molecule has 23 heavy (non-hydrogen) atoms. The van der Waals surface area contributed by atoms with Gasteiger partial charge < -0.3 is 10.2 Å². The first-order valence-corrected chi connectivity index (χ1v) is 7.88. The zero-order chi connectivity index (χ0) is 16.8. The second-order valence-corrected chi connectivity index (χ2v) is 6.04. The fourth-order valence-electron chi connectivity index (χ4n) is 1.92. The number of hydrazone groups is 1. The molecule has 0 amide bonds. The number of benzene rings is 2. The van der Waals surface area contributed by atoms with Crippen LogP contribution in [0.1, 0.15) is 11.1 Å². The van der Waals surface area contributed by atoms with Crippen molar-refractivity contribution >= 4 is 46.5 Å². The highest BCUT2D eigenvalue weighted by atomic mass is 35.5. The topological polar surface area (TPSA) is 39.7 Å². The van der Waals surface area contributed by atoms with Crippen molar-refractivity contribution < 1.29 is 0 Å². The van der Waals surface area contributed by atoms with E-state index in [0.717, 1.165) is 22.5 Å². The van der Waals surface area contributed by atoms with Crippen LogP contribution < -0.4 is 15.6 Å². The summed E-state index contributed by atoms with van der Waals surface area (Å²) in [5, 5.41) is 8.33. The van der Waals surface area contributed by atoms with E-state index in [9.17, 15) is 0 Å². The van der Waals surface area contributed by atoms with E-state index in [1.54, 1.807) is 6.21 Å². The molecule has 0 unspecified atom stereocenters. The van der Waals surface area contributed by atoms with Gasteiger partial charge in [-0.05, 0) is 54.5 Å². The summed E-state index contributed by atoms with van der Waals surface area (Å²) in [6.07, 6.45) is 1.72. The third kappa shape index (κ3) is 4.94. The summed E-state index contributed by atoms with van der Waals surface area (Å²) >= 11 is 11.3. The van der Waals surface area contributed by atoms with Crippen molar-refractivity contribution in [3.63, 3.8) is 0 Å². The molecule has 2 aromatic rings. The molecule has 0 aliphatic rings. The zero-order valence-corrected chi connectivity index (χ0v) is 14.9. The third-order valence-corrected chi connectivity index (χ3v) is 3.91. The highest BCUT2D eigenvalue weighted by molar-refractivity contribution is 7.80. The Morgan fingerprint density at radius 1 is 1.17 bits per heavy atom. The fourth-order valence-corrected chi connectivity index (χ4v) is 2.25. The number of halogens is 1. The smallest absolute Gasteiger partial charge is 0.191 e. The lowest BCUT2D eigenvalue weighted by Gasteiger charge is -2.12. The maximum atomic E-state index is 6.08. The minimum atomic E-state index is 0.413. The first-order chi connectivity index (χ1) is 11.0. The van der Waals surface area contributed by atoms with Crippen LogP contribution in [0, 0.1) is 6.92 Å². The molecule has 0 fully saturated rings. The molecule has 2 rings (SSSR count). The molecule has 2 aromatic carbocycles. The molecule has 0 atom stereocenters. The minimum Gasteiger partial charge on any atom is -0.378 e. The first-order valence-electron chi connectivity index (χ1n) is 7.10. The van der Waals surface area contributed by atoms with Crippen LogP contribution in [0.5, 0.6) is 0 Å². The monoisotopic (exact) mass is 346 g/mol. The molecule has 0 spiro atoms. The van der Waals surface area contributed by atoms with Crippen molar-refractivity contribution in [1.82, 2.24) is 5.43 Å². The summed E-state index contributed by atoms with van der Waals surface area (Å²) in [5.41, 5.74) is 6.74. The second kappa shape index (κ2) is 7.94. The molecular formula is C17H19ClN4S. The average molecular weight is 347 g/mol. The molecule has 0 saturated carbocycles. The molecule has 120 valence electrons. The number of nitrogens with one attached hydrogen (secondary N) is 2. The highest BCUT2D eigenvalue weighted by Gasteiger charge is 2.03. The Kier molecular flexibility index (Phi) is 5.96. The average Bonchev–Trinajstić information content (AvgIpc) is 2.52. The predicted octanol–water partition coefficient (Wildman–Crippen LogP) is 4.03. The van der Waals surface area contributed by atoms with Crippen molar-refractivity contribution in [2.45, 2.75) is 6.92 Å². The lowest BCUT2D eigenvalue weighted by atomic mass is 10.2. The predicted molar refractivity (Wildman–Crippen MR) is 104 cm³/mol. The lowest BCUT2D eigenvalue weighted by molar-refractivity contribution is 1.05. The Balaban J connectivity index is 1.92. The maximum absolute atomic E-state index is 6.08. The number of anilines is 2. The van der Waals surface area contributed by atoms with E-state index >= 15 is 0 Å². The van der Waals surface area contributed by atoms with Crippen molar-refractivity contribution in [3.05, 3.63) is 58.6 Å². The van der Waals surface area contributed by atoms with Gasteiger partial charge in [0.2, 0.25) is 0 Å². The molecule has 0 radical (unpaired) electrons. The molecule has 4 nitrogen and oxygen atoms in total. The van der Waals surface area contributed by atoms with Gasteiger partial charge in [-0.1, -0.05) is 29.8 Å². The van der Waals surface area contributed by atoms with Crippen LogP contribution in [-0.2, 0) is 0 Å². The SMILES string of the molecule is Cc1c(Cl)cccc1NC(=S)NN=Cc1ccc(N(C)C)cc1. The molecule has 0 aromatic heterocycles. The van der Waals surface area contributed by atoms with Gasteiger partial charge in [-0.15, -0.1) is 0 Å². The maximum Gasteiger partial charge on any atom is 0.191 e. The van der Waals surface area contributed by atoms with Crippen LogP contribution in [0.2, 0.25) is 5.02 Å². The first kappa shape index (κ1) is 17.2. The minimum absolute atomic E-state index is 0.413. The number of nitrogens with zero attached hydrogens (tertiary/aromatic N) is 2. The second-order valence-electron chi connectivity index (χ2n) is 5.22. The van der Waals surface area contributed by atoms with Crippen LogP contribution in [-0.4, -0.2) is 25.4 Å². The van der Waals surface area contributed by atoms with Crippen LogP contribution >= 0.6 is 23.8 Å². The van der Waals surface area contributed by atoms with Gasteiger partial charge in [-0.2, -0.15) is 5.10 Å². The summed E-state index contributed by atoms with van der Waals surface area (Å²) in [5.74, 6) is 0. The van der Waals surface area contributed by atoms with Gasteiger partial charge in [-0.3, -0.25) is 5.43 Å².